The van der Waals surface area contributed by atoms with E-state index in [2.05, 4.69) is 20.8 Å². The van der Waals surface area contributed by atoms with Gasteiger partial charge in [-0.1, -0.05) is 45.0 Å². The maximum Gasteiger partial charge on any atom is 0.165 e. The topological polar surface area (TPSA) is 35.2 Å². The van der Waals surface area contributed by atoms with Crippen LogP contribution in [0.25, 0.3) is 0 Å². The van der Waals surface area contributed by atoms with Crippen LogP contribution >= 0.6 is 0 Å². The molecule has 3 heteroatoms. The second-order valence-electron chi connectivity index (χ2n) is 6.15. The van der Waals surface area contributed by atoms with Crippen LogP contribution in [0.15, 0.2) is 42.5 Å². The summed E-state index contributed by atoms with van der Waals surface area (Å²) in [6.45, 7) is 6.83. The number of para-hydroxylation sites is 1. The highest BCUT2D eigenvalue weighted by Crippen LogP contribution is 2.34. The molecule has 2 aromatic carbocycles. The van der Waals surface area contributed by atoms with Gasteiger partial charge in [0.15, 0.2) is 11.6 Å². The van der Waals surface area contributed by atoms with Gasteiger partial charge in [-0.2, -0.15) is 0 Å². The number of rotatable bonds is 4. The zero-order chi connectivity index (χ0) is 15.5. The molecule has 0 aromatic heterocycles. The number of nitrogens with two attached hydrogens (primary N) is 1. The molecule has 0 heterocycles. The lowest BCUT2D eigenvalue weighted by Gasteiger charge is -2.22. The minimum Gasteiger partial charge on any atom is -0.454 e. The van der Waals surface area contributed by atoms with Crippen LogP contribution in [0.1, 0.15) is 31.9 Å². The molecule has 2 aromatic rings. The number of halogens is 1. The molecular weight excluding hydrogens is 265 g/mol. The van der Waals surface area contributed by atoms with Crippen molar-refractivity contribution in [3.05, 3.63) is 59.4 Å². The zero-order valence-corrected chi connectivity index (χ0v) is 12.8. The van der Waals surface area contributed by atoms with Crippen molar-refractivity contribution >= 4 is 0 Å². The predicted molar refractivity (Wildman–Crippen MR) is 84.4 cm³/mol. The molecule has 2 N–H and O–H groups in total. The highest BCUT2D eigenvalue weighted by molar-refractivity contribution is 5.42. The molecule has 0 bridgehead atoms. The summed E-state index contributed by atoms with van der Waals surface area (Å²) in [5.74, 6) is 0.576. The van der Waals surface area contributed by atoms with Crippen molar-refractivity contribution in [2.75, 3.05) is 6.54 Å². The fourth-order valence-corrected chi connectivity index (χ4v) is 2.24. The molecule has 0 radical (unpaired) electrons. The van der Waals surface area contributed by atoms with E-state index >= 15 is 0 Å². The summed E-state index contributed by atoms with van der Waals surface area (Å²) in [5.41, 5.74) is 7.36. The van der Waals surface area contributed by atoms with Gasteiger partial charge in [0.2, 0.25) is 0 Å². The lowest BCUT2D eigenvalue weighted by atomic mass is 9.86. The van der Waals surface area contributed by atoms with E-state index in [0.29, 0.717) is 18.7 Å². The number of hydrogen-bond donors (Lipinski definition) is 1. The second-order valence-corrected chi connectivity index (χ2v) is 6.15. The van der Waals surface area contributed by atoms with Crippen molar-refractivity contribution < 1.29 is 9.13 Å². The molecule has 0 unspecified atom stereocenters. The first-order valence-corrected chi connectivity index (χ1v) is 7.17. The lowest BCUT2D eigenvalue weighted by molar-refractivity contribution is 0.424. The molecule has 0 spiro atoms. The van der Waals surface area contributed by atoms with Gasteiger partial charge in [0.1, 0.15) is 5.75 Å². The van der Waals surface area contributed by atoms with Crippen LogP contribution in [-0.4, -0.2) is 6.54 Å². The van der Waals surface area contributed by atoms with Gasteiger partial charge in [-0.25, -0.2) is 4.39 Å². The van der Waals surface area contributed by atoms with Gasteiger partial charge in [-0.15, -0.1) is 0 Å². The fourth-order valence-electron chi connectivity index (χ4n) is 2.24. The van der Waals surface area contributed by atoms with E-state index in [1.54, 1.807) is 6.07 Å². The van der Waals surface area contributed by atoms with Crippen LogP contribution in [-0.2, 0) is 11.8 Å². The van der Waals surface area contributed by atoms with Gasteiger partial charge in [0.05, 0.1) is 0 Å². The molecule has 0 saturated heterocycles. The maximum absolute atomic E-state index is 14.1. The third-order valence-corrected chi connectivity index (χ3v) is 3.34. The first-order chi connectivity index (χ1) is 9.91. The molecule has 21 heavy (non-hydrogen) atoms. The van der Waals surface area contributed by atoms with Crippen LogP contribution in [0, 0.1) is 5.82 Å². The molecule has 2 rings (SSSR count). The summed E-state index contributed by atoms with van der Waals surface area (Å²) in [4.78, 5) is 0. The van der Waals surface area contributed by atoms with Crippen LogP contribution in [0.4, 0.5) is 4.39 Å². The van der Waals surface area contributed by atoms with Gasteiger partial charge in [0, 0.05) is 5.56 Å². The third kappa shape index (κ3) is 3.82. The molecule has 0 aliphatic heterocycles. The minimum atomic E-state index is -0.357. The molecule has 0 atom stereocenters. The van der Waals surface area contributed by atoms with Gasteiger partial charge >= 0.3 is 0 Å². The van der Waals surface area contributed by atoms with Crippen LogP contribution < -0.4 is 10.5 Å². The van der Waals surface area contributed by atoms with Crippen molar-refractivity contribution in [2.45, 2.75) is 32.6 Å². The van der Waals surface area contributed by atoms with Crippen molar-refractivity contribution in [1.29, 1.82) is 0 Å². The van der Waals surface area contributed by atoms with E-state index in [4.69, 9.17) is 10.5 Å². The Bertz CT molecular complexity index is 617. The Balaban J connectivity index is 2.31. The molecular formula is C18H22FNO. The molecule has 0 fully saturated rings. The highest BCUT2D eigenvalue weighted by Gasteiger charge is 2.19. The monoisotopic (exact) mass is 287 g/mol. The van der Waals surface area contributed by atoms with E-state index < -0.39 is 0 Å². The maximum atomic E-state index is 14.1. The molecule has 0 aliphatic carbocycles. The second kappa shape index (κ2) is 6.27. The summed E-state index contributed by atoms with van der Waals surface area (Å²) >= 11 is 0. The van der Waals surface area contributed by atoms with Gasteiger partial charge in [0.25, 0.3) is 0 Å². The third-order valence-electron chi connectivity index (χ3n) is 3.34. The van der Waals surface area contributed by atoms with E-state index in [0.717, 1.165) is 11.1 Å². The quantitative estimate of drug-likeness (QED) is 0.903. The first kappa shape index (κ1) is 15.5. The number of hydrogen-bond acceptors (Lipinski definition) is 2. The Morgan fingerprint density at radius 1 is 1.05 bits per heavy atom. The standard InChI is InChI=1S/C18H22FNO/c1-18(2,3)14-6-4-5-7-16(14)21-17-9-8-13(10-11-20)12-15(17)19/h4-9,12H,10-11,20H2,1-3H3. The van der Waals surface area contributed by atoms with Crippen LogP contribution in [0.5, 0.6) is 11.5 Å². The molecule has 0 saturated carbocycles. The smallest absolute Gasteiger partial charge is 0.165 e. The Labute approximate surface area is 125 Å². The summed E-state index contributed by atoms with van der Waals surface area (Å²) in [7, 11) is 0. The largest absolute Gasteiger partial charge is 0.454 e. The van der Waals surface area contributed by atoms with Crippen molar-refractivity contribution in [3.63, 3.8) is 0 Å². The van der Waals surface area contributed by atoms with Gasteiger partial charge in [-0.05, 0) is 42.1 Å². The van der Waals surface area contributed by atoms with Gasteiger partial charge < -0.3 is 10.5 Å². The average molecular weight is 287 g/mol. The molecule has 2 nitrogen and oxygen atoms in total. The Morgan fingerprint density at radius 2 is 1.76 bits per heavy atom. The normalized spacial score (nSPS) is 11.5. The average Bonchev–Trinajstić information content (AvgIpc) is 2.42. The van der Waals surface area contributed by atoms with E-state index in [9.17, 15) is 4.39 Å². The Morgan fingerprint density at radius 3 is 2.38 bits per heavy atom. The van der Waals surface area contributed by atoms with Crippen molar-refractivity contribution in [2.24, 2.45) is 5.73 Å². The van der Waals surface area contributed by atoms with Crippen molar-refractivity contribution in [3.8, 4) is 11.5 Å². The summed E-state index contributed by atoms with van der Waals surface area (Å²) in [6.07, 6.45) is 0.662. The molecule has 0 aliphatic rings. The van der Waals surface area contributed by atoms with Crippen molar-refractivity contribution in [1.82, 2.24) is 0 Å². The number of benzene rings is 2. The lowest BCUT2D eigenvalue weighted by Crippen LogP contribution is -2.12. The van der Waals surface area contributed by atoms with Crippen LogP contribution in [0.3, 0.4) is 0 Å². The first-order valence-electron chi connectivity index (χ1n) is 7.17. The minimum absolute atomic E-state index is 0.0629. The van der Waals surface area contributed by atoms with Gasteiger partial charge in [-0.3, -0.25) is 0 Å². The van der Waals surface area contributed by atoms with Crippen LogP contribution in [0.2, 0.25) is 0 Å². The zero-order valence-electron chi connectivity index (χ0n) is 12.8. The van der Waals surface area contributed by atoms with E-state index in [1.807, 2.05) is 30.3 Å². The SMILES string of the molecule is CC(C)(C)c1ccccc1Oc1ccc(CCN)cc1F. The highest BCUT2D eigenvalue weighted by atomic mass is 19.1. The Kier molecular flexibility index (Phi) is 4.63. The molecule has 112 valence electrons. The van der Waals surface area contributed by atoms with E-state index in [1.165, 1.54) is 6.07 Å². The molecule has 0 amide bonds. The predicted octanol–water partition coefficient (Wildman–Crippen LogP) is 4.42. The summed E-state index contributed by atoms with van der Waals surface area (Å²) in [6, 6.07) is 12.7. The Hall–Kier alpha value is -1.87. The van der Waals surface area contributed by atoms with E-state index in [-0.39, 0.29) is 17.0 Å². The fraction of sp³-hybridized carbons (Fsp3) is 0.333. The summed E-state index contributed by atoms with van der Waals surface area (Å²) < 4.78 is 19.9. The summed E-state index contributed by atoms with van der Waals surface area (Å²) in [5, 5.41) is 0. The number of ether oxygens (including phenoxy) is 1.